The van der Waals surface area contributed by atoms with Crippen LogP contribution in [0.2, 0.25) is 0 Å². The number of anilines is 1. The van der Waals surface area contributed by atoms with E-state index in [2.05, 4.69) is 59.5 Å². The smallest absolute Gasteiger partial charge is 0.216 e. The highest BCUT2D eigenvalue weighted by Crippen LogP contribution is 2.27. The van der Waals surface area contributed by atoms with Gasteiger partial charge in [-0.25, -0.2) is 4.68 Å². The summed E-state index contributed by atoms with van der Waals surface area (Å²) < 4.78 is 7.40. The number of aromatic nitrogens is 2. The van der Waals surface area contributed by atoms with Crippen molar-refractivity contribution < 1.29 is 4.74 Å². The normalized spacial score (nSPS) is 17.5. The van der Waals surface area contributed by atoms with Gasteiger partial charge in [0.1, 0.15) is 0 Å². The summed E-state index contributed by atoms with van der Waals surface area (Å²) in [5.41, 5.74) is 3.66. The molecule has 5 nitrogen and oxygen atoms in total. The van der Waals surface area contributed by atoms with Crippen molar-refractivity contribution in [3.05, 3.63) is 41.6 Å². The number of ether oxygens (including phenoxy) is 1. The average molecular weight is 342 g/mol. The first-order chi connectivity index (χ1) is 12.1. The molecular weight excluding hydrogens is 312 g/mol. The molecule has 3 rings (SSSR count). The summed E-state index contributed by atoms with van der Waals surface area (Å²) in [6, 6.07) is 10.7. The number of nitrogens with zero attached hydrogens (tertiary/aromatic N) is 3. The van der Waals surface area contributed by atoms with E-state index in [0.29, 0.717) is 11.8 Å². The van der Waals surface area contributed by atoms with Crippen LogP contribution in [0.5, 0.6) is 5.88 Å². The zero-order valence-electron chi connectivity index (χ0n) is 15.8. The Kier molecular flexibility index (Phi) is 5.63. The fourth-order valence-electron chi connectivity index (χ4n) is 3.73. The van der Waals surface area contributed by atoms with E-state index in [9.17, 15) is 0 Å². The Balaban J connectivity index is 1.56. The van der Waals surface area contributed by atoms with E-state index in [4.69, 9.17) is 4.74 Å². The van der Waals surface area contributed by atoms with Crippen LogP contribution >= 0.6 is 0 Å². The van der Waals surface area contributed by atoms with Crippen molar-refractivity contribution in [1.82, 2.24) is 15.1 Å². The van der Waals surface area contributed by atoms with Crippen LogP contribution in [0.3, 0.4) is 0 Å². The predicted molar refractivity (Wildman–Crippen MR) is 102 cm³/mol. The quantitative estimate of drug-likeness (QED) is 0.839. The van der Waals surface area contributed by atoms with Gasteiger partial charge >= 0.3 is 0 Å². The number of hydrogen-bond acceptors (Lipinski definition) is 4. The minimum Gasteiger partial charge on any atom is -0.481 e. The Morgan fingerprint density at radius 1 is 1.28 bits per heavy atom. The highest BCUT2D eigenvalue weighted by Gasteiger charge is 2.23. The second-order valence-electron chi connectivity index (χ2n) is 7.22. The summed E-state index contributed by atoms with van der Waals surface area (Å²) in [6.07, 6.45) is 1.24. The predicted octanol–water partition coefficient (Wildman–Crippen LogP) is 3.17. The molecule has 0 amide bonds. The Hall–Kier alpha value is -2.01. The number of nitrogens with one attached hydrogen (secondary N) is 1. The molecule has 25 heavy (non-hydrogen) atoms. The topological polar surface area (TPSA) is 42.3 Å². The molecule has 0 radical (unpaired) electrons. The van der Waals surface area contributed by atoms with E-state index < -0.39 is 0 Å². The Morgan fingerprint density at radius 2 is 2.04 bits per heavy atom. The second kappa shape index (κ2) is 7.91. The standard InChI is InChI=1S/C20H30N4O/c1-15(2)19-18(20(25-4)23(3)22-19)13-21-12-16-10-11-24(14-16)17-8-6-5-7-9-17/h5-9,15-16,21H,10-14H2,1-4H3. The van der Waals surface area contributed by atoms with Crippen LogP contribution in [-0.2, 0) is 13.6 Å². The van der Waals surface area contributed by atoms with Gasteiger partial charge in [-0.3, -0.25) is 0 Å². The van der Waals surface area contributed by atoms with Crippen molar-refractivity contribution in [1.29, 1.82) is 0 Å². The molecule has 5 heteroatoms. The molecule has 1 fully saturated rings. The molecule has 0 aliphatic carbocycles. The highest BCUT2D eigenvalue weighted by molar-refractivity contribution is 5.46. The number of hydrogen-bond donors (Lipinski definition) is 1. The first kappa shape index (κ1) is 17.8. The number of methoxy groups -OCH3 is 1. The van der Waals surface area contributed by atoms with Crippen LogP contribution in [0.4, 0.5) is 5.69 Å². The minimum absolute atomic E-state index is 0.395. The summed E-state index contributed by atoms with van der Waals surface area (Å²) in [6.45, 7) is 8.47. The third kappa shape index (κ3) is 3.98. The van der Waals surface area contributed by atoms with E-state index in [1.54, 1.807) is 7.11 Å². The number of aryl methyl sites for hydroxylation is 1. The number of para-hydroxylation sites is 1. The van der Waals surface area contributed by atoms with Crippen molar-refractivity contribution in [2.24, 2.45) is 13.0 Å². The molecule has 0 bridgehead atoms. The molecule has 1 unspecified atom stereocenters. The molecule has 1 aliphatic rings. The van der Waals surface area contributed by atoms with Gasteiger partial charge in [0, 0.05) is 38.9 Å². The Bertz CT molecular complexity index is 681. The van der Waals surface area contributed by atoms with Crippen LogP contribution in [0.1, 0.15) is 37.4 Å². The van der Waals surface area contributed by atoms with E-state index >= 15 is 0 Å². The van der Waals surface area contributed by atoms with Crippen molar-refractivity contribution >= 4 is 5.69 Å². The molecule has 1 atom stereocenters. The maximum atomic E-state index is 5.56. The Labute approximate surface area is 151 Å². The molecular formula is C20H30N4O. The second-order valence-corrected chi connectivity index (χ2v) is 7.22. The van der Waals surface area contributed by atoms with Gasteiger partial charge in [0.2, 0.25) is 5.88 Å². The highest BCUT2D eigenvalue weighted by atomic mass is 16.5. The van der Waals surface area contributed by atoms with E-state index in [-0.39, 0.29) is 0 Å². The van der Waals surface area contributed by atoms with Crippen molar-refractivity contribution in [2.75, 3.05) is 31.6 Å². The number of rotatable bonds is 7. The van der Waals surface area contributed by atoms with E-state index in [0.717, 1.165) is 37.8 Å². The SMILES string of the molecule is COc1c(CNCC2CCN(c3ccccc3)C2)c(C(C)C)nn1C. The third-order valence-corrected chi connectivity index (χ3v) is 5.00. The van der Waals surface area contributed by atoms with Gasteiger partial charge in [0.05, 0.1) is 18.4 Å². The number of benzene rings is 1. The van der Waals surface area contributed by atoms with Gasteiger partial charge in [-0.15, -0.1) is 0 Å². The largest absolute Gasteiger partial charge is 0.481 e. The molecule has 1 aliphatic heterocycles. The molecule has 1 saturated heterocycles. The van der Waals surface area contributed by atoms with Crippen LogP contribution in [0.15, 0.2) is 30.3 Å². The van der Waals surface area contributed by atoms with Crippen LogP contribution in [0.25, 0.3) is 0 Å². The van der Waals surface area contributed by atoms with Crippen LogP contribution < -0.4 is 15.0 Å². The minimum atomic E-state index is 0.395. The molecule has 0 saturated carbocycles. The van der Waals surface area contributed by atoms with Gasteiger partial charge in [0.25, 0.3) is 0 Å². The lowest BCUT2D eigenvalue weighted by atomic mass is 10.1. The van der Waals surface area contributed by atoms with Gasteiger partial charge < -0.3 is 15.0 Å². The third-order valence-electron chi connectivity index (χ3n) is 5.00. The summed E-state index contributed by atoms with van der Waals surface area (Å²) in [5, 5.41) is 8.27. The van der Waals surface area contributed by atoms with Gasteiger partial charge in [0.15, 0.2) is 0 Å². The van der Waals surface area contributed by atoms with E-state index in [1.807, 2.05) is 11.7 Å². The van der Waals surface area contributed by atoms with Crippen LogP contribution in [0, 0.1) is 5.92 Å². The molecule has 1 aromatic carbocycles. The van der Waals surface area contributed by atoms with Crippen molar-refractivity contribution in [3.63, 3.8) is 0 Å². The van der Waals surface area contributed by atoms with Gasteiger partial charge in [-0.2, -0.15) is 5.10 Å². The lowest BCUT2D eigenvalue weighted by Crippen LogP contribution is -2.26. The molecule has 2 heterocycles. The summed E-state index contributed by atoms with van der Waals surface area (Å²) in [7, 11) is 3.67. The first-order valence-electron chi connectivity index (χ1n) is 9.20. The fraction of sp³-hybridized carbons (Fsp3) is 0.550. The van der Waals surface area contributed by atoms with Gasteiger partial charge in [-0.05, 0) is 30.4 Å². The maximum absolute atomic E-state index is 5.56. The lowest BCUT2D eigenvalue weighted by molar-refractivity contribution is 0.367. The summed E-state index contributed by atoms with van der Waals surface area (Å²) in [4.78, 5) is 2.48. The van der Waals surface area contributed by atoms with E-state index in [1.165, 1.54) is 17.7 Å². The fourth-order valence-corrected chi connectivity index (χ4v) is 3.73. The Morgan fingerprint density at radius 3 is 2.72 bits per heavy atom. The molecule has 136 valence electrons. The van der Waals surface area contributed by atoms with Crippen LogP contribution in [-0.4, -0.2) is 36.5 Å². The molecule has 1 N–H and O–H groups in total. The lowest BCUT2D eigenvalue weighted by Gasteiger charge is -2.19. The van der Waals surface area contributed by atoms with Crippen molar-refractivity contribution in [3.8, 4) is 5.88 Å². The zero-order valence-corrected chi connectivity index (χ0v) is 15.8. The molecule has 2 aromatic rings. The maximum Gasteiger partial charge on any atom is 0.216 e. The first-order valence-corrected chi connectivity index (χ1v) is 9.20. The zero-order chi connectivity index (χ0) is 17.8. The monoisotopic (exact) mass is 342 g/mol. The molecule has 1 aromatic heterocycles. The average Bonchev–Trinajstić information content (AvgIpc) is 3.20. The van der Waals surface area contributed by atoms with Crippen molar-refractivity contribution in [2.45, 2.75) is 32.7 Å². The van der Waals surface area contributed by atoms with Gasteiger partial charge in [-0.1, -0.05) is 32.0 Å². The molecule has 0 spiro atoms. The summed E-state index contributed by atoms with van der Waals surface area (Å²) in [5.74, 6) is 1.95. The summed E-state index contributed by atoms with van der Waals surface area (Å²) >= 11 is 0.